The van der Waals surface area contributed by atoms with Gasteiger partial charge in [-0.05, 0) is 19.4 Å². The van der Waals surface area contributed by atoms with E-state index in [1.54, 1.807) is 12.4 Å². The van der Waals surface area contributed by atoms with Crippen molar-refractivity contribution in [2.24, 2.45) is 0 Å². The van der Waals surface area contributed by atoms with Crippen LogP contribution in [0.4, 0.5) is 0 Å². The van der Waals surface area contributed by atoms with Crippen LogP contribution in [0.3, 0.4) is 0 Å². The van der Waals surface area contributed by atoms with Crippen LogP contribution in [0.2, 0.25) is 0 Å². The van der Waals surface area contributed by atoms with Crippen LogP contribution in [0.25, 0.3) is 0 Å². The third kappa shape index (κ3) is 2.85. The Labute approximate surface area is 130 Å². The Morgan fingerprint density at radius 3 is 2.59 bits per heavy atom. The molecule has 1 atom stereocenters. The van der Waals surface area contributed by atoms with Crippen molar-refractivity contribution in [3.05, 3.63) is 60.2 Å². The molecule has 1 aromatic heterocycles. The predicted molar refractivity (Wildman–Crippen MR) is 82.3 cm³/mol. The maximum Gasteiger partial charge on any atom is 0.257 e. The lowest BCUT2D eigenvalue weighted by Gasteiger charge is -2.45. The number of benzene rings is 1. The Bertz CT molecular complexity index is 643. The summed E-state index contributed by atoms with van der Waals surface area (Å²) in [5, 5.41) is 0. The molecule has 0 bridgehead atoms. The Morgan fingerprint density at radius 1 is 1.23 bits per heavy atom. The fourth-order valence-corrected chi connectivity index (χ4v) is 2.64. The van der Waals surface area contributed by atoms with Gasteiger partial charge in [-0.25, -0.2) is 9.97 Å². The highest BCUT2D eigenvalue weighted by Gasteiger charge is 2.39. The summed E-state index contributed by atoms with van der Waals surface area (Å²) in [5.74, 6) is -0.0603. The molecule has 0 saturated carbocycles. The molecule has 1 aromatic carbocycles. The molecule has 2 heterocycles. The number of morpholine rings is 1. The third-order valence-corrected chi connectivity index (χ3v) is 3.94. The van der Waals surface area contributed by atoms with Crippen molar-refractivity contribution in [1.82, 2.24) is 14.9 Å². The van der Waals surface area contributed by atoms with Crippen LogP contribution in [-0.2, 0) is 4.74 Å². The molecule has 5 nitrogen and oxygen atoms in total. The fraction of sp³-hybridized carbons (Fsp3) is 0.353. The highest BCUT2D eigenvalue weighted by molar-refractivity contribution is 5.94. The number of hydrogen-bond donors (Lipinski definition) is 0. The normalized spacial score (nSPS) is 20.6. The number of carbonyl (C=O) groups is 1. The lowest BCUT2D eigenvalue weighted by molar-refractivity contribution is -0.0846. The van der Waals surface area contributed by atoms with E-state index in [2.05, 4.69) is 9.97 Å². The largest absolute Gasteiger partial charge is 0.369 e. The average Bonchev–Trinajstić information content (AvgIpc) is 2.56. The number of carbonyl (C=O) groups excluding carboxylic acids is 1. The van der Waals surface area contributed by atoms with Crippen molar-refractivity contribution in [1.29, 1.82) is 0 Å². The Hall–Kier alpha value is -2.27. The summed E-state index contributed by atoms with van der Waals surface area (Å²) in [6, 6.07) is 9.99. The maximum atomic E-state index is 12.8. The zero-order chi connectivity index (χ0) is 15.6. The number of aromatic nitrogens is 2. The first kappa shape index (κ1) is 14.7. The van der Waals surface area contributed by atoms with Crippen LogP contribution < -0.4 is 0 Å². The molecular weight excluding hydrogens is 278 g/mol. The molecule has 1 amide bonds. The molecule has 0 spiro atoms. The molecule has 22 heavy (non-hydrogen) atoms. The van der Waals surface area contributed by atoms with Crippen molar-refractivity contribution in [2.45, 2.75) is 25.5 Å². The molecular formula is C17H19N3O2. The Balaban J connectivity index is 1.86. The van der Waals surface area contributed by atoms with Crippen molar-refractivity contribution in [2.75, 3.05) is 13.2 Å². The predicted octanol–water partition coefficient (Wildman–Crippen LogP) is 2.47. The Kier molecular flexibility index (Phi) is 3.90. The topological polar surface area (TPSA) is 55.3 Å². The summed E-state index contributed by atoms with van der Waals surface area (Å²) in [4.78, 5) is 22.5. The van der Waals surface area contributed by atoms with Gasteiger partial charge in [-0.15, -0.1) is 0 Å². The number of ether oxygens (including phenoxy) is 1. The van der Waals surface area contributed by atoms with E-state index in [0.717, 1.165) is 5.56 Å². The summed E-state index contributed by atoms with van der Waals surface area (Å²) < 4.78 is 5.97. The molecule has 114 valence electrons. The molecule has 0 aliphatic carbocycles. The SMILES string of the molecule is CC1(C)COC(c2ccccc2)CN1C(=O)c1cncnc1. The monoisotopic (exact) mass is 297 g/mol. The maximum absolute atomic E-state index is 12.8. The quantitative estimate of drug-likeness (QED) is 0.854. The lowest BCUT2D eigenvalue weighted by atomic mass is 9.97. The highest BCUT2D eigenvalue weighted by atomic mass is 16.5. The second-order valence-electron chi connectivity index (χ2n) is 6.07. The van der Waals surface area contributed by atoms with Crippen LogP contribution in [0.15, 0.2) is 49.1 Å². The van der Waals surface area contributed by atoms with Crippen LogP contribution in [0, 0.1) is 0 Å². The van der Waals surface area contributed by atoms with Gasteiger partial charge in [-0.2, -0.15) is 0 Å². The molecule has 0 N–H and O–H groups in total. The standard InChI is InChI=1S/C17H19N3O2/c1-17(2)11-22-15(13-6-4-3-5-7-13)10-20(17)16(21)14-8-18-12-19-9-14/h3-9,12,15H,10-11H2,1-2H3. The molecule has 0 radical (unpaired) electrons. The van der Waals surface area contributed by atoms with E-state index in [0.29, 0.717) is 18.7 Å². The van der Waals surface area contributed by atoms with E-state index in [1.807, 2.05) is 49.1 Å². The van der Waals surface area contributed by atoms with Crippen LogP contribution in [0.5, 0.6) is 0 Å². The van der Waals surface area contributed by atoms with Gasteiger partial charge in [0.15, 0.2) is 0 Å². The molecule has 1 aliphatic heterocycles. The second-order valence-corrected chi connectivity index (χ2v) is 6.07. The summed E-state index contributed by atoms with van der Waals surface area (Å²) in [7, 11) is 0. The van der Waals surface area contributed by atoms with E-state index < -0.39 is 0 Å². The average molecular weight is 297 g/mol. The van der Waals surface area contributed by atoms with E-state index in [9.17, 15) is 4.79 Å². The van der Waals surface area contributed by atoms with Crippen LogP contribution >= 0.6 is 0 Å². The zero-order valence-electron chi connectivity index (χ0n) is 12.8. The van der Waals surface area contributed by atoms with Crippen molar-refractivity contribution in [3.8, 4) is 0 Å². The first-order valence-electron chi connectivity index (χ1n) is 7.31. The summed E-state index contributed by atoms with van der Waals surface area (Å²) in [6.45, 7) is 5.03. The molecule has 1 aliphatic rings. The summed E-state index contributed by atoms with van der Waals surface area (Å²) >= 11 is 0. The second kappa shape index (κ2) is 5.85. The number of nitrogens with zero attached hydrogens (tertiary/aromatic N) is 3. The van der Waals surface area contributed by atoms with Crippen molar-refractivity contribution >= 4 is 5.91 Å². The van der Waals surface area contributed by atoms with Crippen molar-refractivity contribution in [3.63, 3.8) is 0 Å². The Morgan fingerprint density at radius 2 is 1.91 bits per heavy atom. The number of hydrogen-bond acceptors (Lipinski definition) is 4. The van der Waals surface area contributed by atoms with Gasteiger partial charge in [0.25, 0.3) is 5.91 Å². The highest BCUT2D eigenvalue weighted by Crippen LogP contribution is 2.31. The van der Waals surface area contributed by atoms with E-state index >= 15 is 0 Å². The molecule has 1 saturated heterocycles. The van der Waals surface area contributed by atoms with Gasteiger partial charge >= 0.3 is 0 Å². The molecule has 1 fully saturated rings. The lowest BCUT2D eigenvalue weighted by Crippen LogP contribution is -2.56. The van der Waals surface area contributed by atoms with Gasteiger partial charge < -0.3 is 9.64 Å². The van der Waals surface area contributed by atoms with E-state index in [-0.39, 0.29) is 17.6 Å². The van der Waals surface area contributed by atoms with Gasteiger partial charge in [-0.1, -0.05) is 30.3 Å². The smallest absolute Gasteiger partial charge is 0.257 e. The van der Waals surface area contributed by atoms with Gasteiger partial charge in [0.2, 0.25) is 0 Å². The van der Waals surface area contributed by atoms with Gasteiger partial charge in [0.05, 0.1) is 24.3 Å². The minimum atomic E-state index is -0.363. The minimum absolute atomic E-state index is 0.0603. The first-order chi connectivity index (χ1) is 10.6. The van der Waals surface area contributed by atoms with E-state index in [1.165, 1.54) is 6.33 Å². The van der Waals surface area contributed by atoms with E-state index in [4.69, 9.17) is 4.74 Å². The third-order valence-electron chi connectivity index (χ3n) is 3.94. The minimum Gasteiger partial charge on any atom is -0.369 e. The first-order valence-corrected chi connectivity index (χ1v) is 7.31. The number of amides is 1. The molecule has 2 aromatic rings. The van der Waals surface area contributed by atoms with Gasteiger partial charge in [0.1, 0.15) is 12.4 Å². The summed E-state index contributed by atoms with van der Waals surface area (Å²) in [5.41, 5.74) is 1.22. The van der Waals surface area contributed by atoms with Gasteiger partial charge in [0, 0.05) is 12.4 Å². The molecule has 1 unspecified atom stereocenters. The van der Waals surface area contributed by atoms with Crippen LogP contribution in [-0.4, -0.2) is 39.5 Å². The molecule has 3 rings (SSSR count). The van der Waals surface area contributed by atoms with Gasteiger partial charge in [-0.3, -0.25) is 4.79 Å². The number of rotatable bonds is 2. The fourth-order valence-electron chi connectivity index (χ4n) is 2.64. The summed E-state index contributed by atoms with van der Waals surface area (Å²) in [6.07, 6.45) is 4.42. The van der Waals surface area contributed by atoms with Crippen molar-refractivity contribution < 1.29 is 9.53 Å². The molecule has 5 heteroatoms. The zero-order valence-corrected chi connectivity index (χ0v) is 12.8. The van der Waals surface area contributed by atoms with Crippen LogP contribution in [0.1, 0.15) is 35.9 Å².